The van der Waals surface area contributed by atoms with E-state index in [1.165, 1.54) is 19.1 Å². The van der Waals surface area contributed by atoms with Crippen LogP contribution in [0, 0.1) is 6.92 Å². The fraction of sp³-hybridized carbons (Fsp3) is 0.167. The molecule has 0 aromatic heterocycles. The Hall–Kier alpha value is -1.95. The normalized spacial score (nSPS) is 12.6. The van der Waals surface area contributed by atoms with E-state index >= 15 is 0 Å². The quantitative estimate of drug-likeness (QED) is 0.793. The van der Waals surface area contributed by atoms with E-state index in [1.807, 2.05) is 6.92 Å². The van der Waals surface area contributed by atoms with Crippen molar-refractivity contribution in [2.24, 2.45) is 0 Å². The van der Waals surface area contributed by atoms with Gasteiger partial charge in [-0.1, -0.05) is 48.0 Å². The van der Waals surface area contributed by atoms with Gasteiger partial charge in [0.1, 0.15) is 0 Å². The first-order valence-corrected chi connectivity index (χ1v) is 9.11. The third-order valence-electron chi connectivity index (χ3n) is 3.59. The third-order valence-corrected chi connectivity index (χ3v) is 5.26. The summed E-state index contributed by atoms with van der Waals surface area (Å²) in [6, 6.07) is 12.2. The third kappa shape index (κ3) is 4.32. The van der Waals surface area contributed by atoms with Gasteiger partial charge < -0.3 is 0 Å². The van der Waals surface area contributed by atoms with Gasteiger partial charge in [-0.25, -0.2) is 8.42 Å². The van der Waals surface area contributed by atoms with Gasteiger partial charge in [0.25, 0.3) is 0 Å². The number of carbonyl (C=O) groups is 1. The van der Waals surface area contributed by atoms with Crippen LogP contribution in [-0.2, 0) is 14.8 Å². The van der Waals surface area contributed by atoms with Crippen LogP contribution >= 0.6 is 11.6 Å². The first kappa shape index (κ1) is 18.4. The van der Waals surface area contributed by atoms with E-state index in [-0.39, 0.29) is 16.3 Å². The van der Waals surface area contributed by atoms with Gasteiger partial charge in [0.2, 0.25) is 10.0 Å². The number of sulfonamides is 1. The Morgan fingerprint density at radius 2 is 1.79 bits per heavy atom. The number of aryl methyl sites for hydroxylation is 1. The zero-order valence-electron chi connectivity index (χ0n) is 13.4. The Labute approximate surface area is 147 Å². The van der Waals surface area contributed by atoms with E-state index < -0.39 is 16.1 Å². The number of benzene rings is 2. The molecule has 0 bridgehead atoms. The van der Waals surface area contributed by atoms with Crippen molar-refractivity contribution < 1.29 is 13.2 Å². The van der Waals surface area contributed by atoms with Crippen molar-refractivity contribution >= 4 is 27.4 Å². The molecular formula is C18H18ClNO3S. The molecular weight excluding hydrogens is 346 g/mol. The lowest BCUT2D eigenvalue weighted by atomic mass is 9.98. The van der Waals surface area contributed by atoms with Gasteiger partial charge in [-0.15, -0.1) is 0 Å². The molecule has 0 heterocycles. The highest BCUT2D eigenvalue weighted by Gasteiger charge is 2.25. The van der Waals surface area contributed by atoms with Gasteiger partial charge >= 0.3 is 0 Å². The average Bonchev–Trinajstić information content (AvgIpc) is 2.52. The Balaban J connectivity index is 2.43. The molecule has 0 aliphatic heterocycles. The van der Waals surface area contributed by atoms with Gasteiger partial charge in [0.05, 0.1) is 10.9 Å². The van der Waals surface area contributed by atoms with E-state index in [0.29, 0.717) is 10.6 Å². The second kappa shape index (κ2) is 7.30. The minimum atomic E-state index is -3.82. The van der Waals surface area contributed by atoms with E-state index in [4.69, 9.17) is 11.6 Å². The first-order valence-electron chi connectivity index (χ1n) is 7.25. The summed E-state index contributed by atoms with van der Waals surface area (Å²) in [4.78, 5) is 11.9. The molecule has 126 valence electrons. The molecule has 2 rings (SSSR count). The van der Waals surface area contributed by atoms with E-state index in [1.54, 1.807) is 36.4 Å². The van der Waals surface area contributed by atoms with E-state index in [9.17, 15) is 13.2 Å². The summed E-state index contributed by atoms with van der Waals surface area (Å²) < 4.78 is 27.8. The number of hydrogen-bond donors (Lipinski definition) is 1. The minimum Gasteiger partial charge on any atom is -0.295 e. The number of nitrogens with one attached hydrogen (secondary N) is 1. The maximum absolute atomic E-state index is 12.6. The number of Topliss-reactive ketones (excluding diaryl/α,β-unsaturated/α-hetero) is 1. The molecule has 0 radical (unpaired) electrons. The van der Waals surface area contributed by atoms with Gasteiger partial charge in [-0.2, -0.15) is 4.72 Å². The number of halogens is 1. The SMILES string of the molecule is C=C(C(C)=O)[C@H](NS(=O)(=O)c1ccc(C)cc1)c1cccc(Cl)c1. The van der Waals surface area contributed by atoms with Crippen LogP contribution in [0.15, 0.2) is 65.6 Å². The smallest absolute Gasteiger partial charge is 0.241 e. The molecule has 2 aromatic carbocycles. The van der Waals surface area contributed by atoms with Crippen LogP contribution in [0.25, 0.3) is 0 Å². The molecule has 6 heteroatoms. The standard InChI is InChI=1S/C18H18ClNO3S/c1-12-7-9-17(10-8-12)24(22,23)20-18(13(2)14(3)21)15-5-4-6-16(19)11-15/h4-11,18,20H,2H2,1,3H3/t18-/m0/s1. The fourth-order valence-electron chi connectivity index (χ4n) is 2.17. The van der Waals surface area contributed by atoms with Crippen LogP contribution < -0.4 is 4.72 Å². The fourth-order valence-corrected chi connectivity index (χ4v) is 3.59. The van der Waals surface area contributed by atoms with Crippen LogP contribution in [0.2, 0.25) is 5.02 Å². The zero-order chi connectivity index (χ0) is 17.9. The van der Waals surface area contributed by atoms with Crippen LogP contribution in [0.5, 0.6) is 0 Å². The summed E-state index contributed by atoms with van der Waals surface area (Å²) in [5.74, 6) is -0.299. The van der Waals surface area contributed by atoms with Gasteiger partial charge in [-0.05, 0) is 43.7 Å². The maximum Gasteiger partial charge on any atom is 0.241 e. The highest BCUT2D eigenvalue weighted by Crippen LogP contribution is 2.26. The lowest BCUT2D eigenvalue weighted by Gasteiger charge is -2.20. The number of carbonyl (C=O) groups excluding carboxylic acids is 1. The van der Waals surface area contributed by atoms with Crippen LogP contribution in [0.1, 0.15) is 24.1 Å². The highest BCUT2D eigenvalue weighted by atomic mass is 35.5. The van der Waals surface area contributed by atoms with Crippen molar-refractivity contribution in [3.63, 3.8) is 0 Å². The van der Waals surface area contributed by atoms with Crippen LogP contribution in [0.4, 0.5) is 0 Å². The summed E-state index contributed by atoms with van der Waals surface area (Å²) in [7, 11) is -3.82. The molecule has 0 amide bonds. The minimum absolute atomic E-state index is 0.122. The molecule has 0 fully saturated rings. The van der Waals surface area contributed by atoms with Gasteiger partial charge in [-0.3, -0.25) is 4.79 Å². The lowest BCUT2D eigenvalue weighted by molar-refractivity contribution is -0.113. The molecule has 4 nitrogen and oxygen atoms in total. The number of hydrogen-bond acceptors (Lipinski definition) is 3. The predicted molar refractivity (Wildman–Crippen MR) is 95.5 cm³/mol. The first-order chi connectivity index (χ1) is 11.2. The lowest BCUT2D eigenvalue weighted by Crippen LogP contribution is -2.31. The van der Waals surface area contributed by atoms with E-state index in [0.717, 1.165) is 5.56 Å². The second-order valence-corrected chi connectivity index (χ2v) is 7.65. The molecule has 0 aliphatic carbocycles. The summed E-state index contributed by atoms with van der Waals surface area (Å²) >= 11 is 5.99. The molecule has 1 atom stereocenters. The zero-order valence-corrected chi connectivity index (χ0v) is 15.0. The molecule has 2 aromatic rings. The molecule has 0 saturated carbocycles. The topological polar surface area (TPSA) is 63.2 Å². The van der Waals surface area contributed by atoms with Crippen LogP contribution in [-0.4, -0.2) is 14.2 Å². The summed E-state index contributed by atoms with van der Waals surface area (Å²) in [5, 5.41) is 0.448. The van der Waals surface area contributed by atoms with Crippen molar-refractivity contribution in [2.45, 2.75) is 24.8 Å². The number of ketones is 1. The van der Waals surface area contributed by atoms with Crippen molar-refractivity contribution in [1.29, 1.82) is 0 Å². The summed E-state index contributed by atoms with van der Waals surface area (Å²) in [6.07, 6.45) is 0. The Morgan fingerprint density at radius 3 is 2.33 bits per heavy atom. The Morgan fingerprint density at radius 1 is 1.17 bits per heavy atom. The molecule has 0 unspecified atom stereocenters. The van der Waals surface area contributed by atoms with Crippen molar-refractivity contribution in [3.8, 4) is 0 Å². The second-order valence-electron chi connectivity index (χ2n) is 5.50. The molecule has 1 N–H and O–H groups in total. The summed E-state index contributed by atoms with van der Waals surface area (Å²) in [5.41, 5.74) is 1.65. The van der Waals surface area contributed by atoms with E-state index in [2.05, 4.69) is 11.3 Å². The molecule has 0 spiro atoms. The van der Waals surface area contributed by atoms with Crippen LogP contribution in [0.3, 0.4) is 0 Å². The van der Waals surface area contributed by atoms with Gasteiger partial charge in [0, 0.05) is 10.6 Å². The van der Waals surface area contributed by atoms with Crippen molar-refractivity contribution in [2.75, 3.05) is 0 Å². The molecule has 0 aliphatic rings. The monoisotopic (exact) mass is 363 g/mol. The van der Waals surface area contributed by atoms with Gasteiger partial charge in [0.15, 0.2) is 5.78 Å². The summed E-state index contributed by atoms with van der Waals surface area (Å²) in [6.45, 7) is 6.95. The Kier molecular flexibility index (Phi) is 5.59. The van der Waals surface area contributed by atoms with Crippen molar-refractivity contribution in [3.05, 3.63) is 76.8 Å². The average molecular weight is 364 g/mol. The Bertz CT molecular complexity index is 873. The number of rotatable bonds is 6. The molecule has 24 heavy (non-hydrogen) atoms. The highest BCUT2D eigenvalue weighted by molar-refractivity contribution is 7.89. The maximum atomic E-state index is 12.6. The van der Waals surface area contributed by atoms with Crippen molar-refractivity contribution in [1.82, 2.24) is 4.72 Å². The predicted octanol–water partition coefficient (Wildman–Crippen LogP) is 3.81. The largest absolute Gasteiger partial charge is 0.295 e. The molecule has 0 saturated heterocycles.